The van der Waals surface area contributed by atoms with Crippen molar-refractivity contribution in [1.82, 2.24) is 4.57 Å². The zero-order chi connectivity index (χ0) is 16.4. The summed E-state index contributed by atoms with van der Waals surface area (Å²) in [5, 5.41) is 10.9. The van der Waals surface area contributed by atoms with Crippen LogP contribution in [0, 0.1) is 5.41 Å². The molecule has 1 aromatic heterocycles. The summed E-state index contributed by atoms with van der Waals surface area (Å²) >= 11 is 4.77. The Morgan fingerprint density at radius 2 is 2.00 bits per heavy atom. The lowest BCUT2D eigenvalue weighted by Crippen LogP contribution is -2.24. The maximum absolute atomic E-state index is 12.2. The number of halogens is 2. The number of carbonyl (C=O) groups excluding carboxylic acids is 1. The van der Waals surface area contributed by atoms with Gasteiger partial charge in [0.1, 0.15) is 12.3 Å². The Hall–Kier alpha value is -1.83. The Bertz CT molecular complexity index is 921. The first-order chi connectivity index (χ1) is 11.1. The molecule has 3 aromatic rings. The first-order valence-corrected chi connectivity index (χ1v) is 8.45. The van der Waals surface area contributed by atoms with E-state index in [9.17, 15) is 4.79 Å². The maximum atomic E-state index is 12.2. The van der Waals surface area contributed by atoms with Crippen LogP contribution in [0.1, 0.15) is 0 Å². The molecular formula is C16H15BrClN3O2S. The van der Waals surface area contributed by atoms with Crippen LogP contribution >= 0.6 is 39.7 Å². The molecule has 2 N–H and O–H groups in total. The number of hydrogen-bond donors (Lipinski definition) is 2. The Labute approximate surface area is 157 Å². The lowest BCUT2D eigenvalue weighted by Gasteiger charge is -2.08. The Morgan fingerprint density at radius 3 is 2.67 bits per heavy atom. The molecule has 24 heavy (non-hydrogen) atoms. The average Bonchev–Trinajstić information content (AvgIpc) is 2.83. The molecule has 0 aliphatic carbocycles. The van der Waals surface area contributed by atoms with Crippen molar-refractivity contribution in [2.24, 2.45) is 0 Å². The Balaban J connectivity index is 0.00000208. The van der Waals surface area contributed by atoms with Gasteiger partial charge in [0.05, 0.1) is 17.3 Å². The molecule has 3 rings (SSSR count). The van der Waals surface area contributed by atoms with Crippen LogP contribution in [0.3, 0.4) is 0 Å². The van der Waals surface area contributed by atoms with E-state index in [2.05, 4.69) is 21.2 Å². The zero-order valence-electron chi connectivity index (χ0n) is 12.7. The standard InChI is InChI=1S/C16H14BrN3O2S.ClH/c1-22-12-5-3-11(4-6-12)19-15(21)9-20-13-7-2-10(17)8-14(13)23-16(20)18;/h2-8,18H,9H2,1H3,(H,19,21);1H. The minimum Gasteiger partial charge on any atom is -0.497 e. The van der Waals surface area contributed by atoms with E-state index in [1.807, 2.05) is 18.2 Å². The molecule has 0 saturated carbocycles. The van der Waals surface area contributed by atoms with Crippen LogP contribution in [0.25, 0.3) is 10.2 Å². The third-order valence-electron chi connectivity index (χ3n) is 3.34. The van der Waals surface area contributed by atoms with Crippen molar-refractivity contribution < 1.29 is 9.53 Å². The van der Waals surface area contributed by atoms with Gasteiger partial charge in [0, 0.05) is 10.2 Å². The highest BCUT2D eigenvalue weighted by Crippen LogP contribution is 2.22. The van der Waals surface area contributed by atoms with Gasteiger partial charge in [-0.25, -0.2) is 0 Å². The monoisotopic (exact) mass is 427 g/mol. The van der Waals surface area contributed by atoms with Gasteiger partial charge < -0.3 is 14.6 Å². The molecule has 0 bridgehead atoms. The van der Waals surface area contributed by atoms with E-state index in [0.717, 1.165) is 20.4 Å². The number of methoxy groups -OCH3 is 1. The number of rotatable bonds is 4. The lowest BCUT2D eigenvalue weighted by atomic mass is 10.3. The van der Waals surface area contributed by atoms with E-state index in [1.165, 1.54) is 11.3 Å². The number of amides is 1. The second-order valence-electron chi connectivity index (χ2n) is 4.88. The van der Waals surface area contributed by atoms with Gasteiger partial charge in [-0.1, -0.05) is 27.3 Å². The third-order valence-corrected chi connectivity index (χ3v) is 4.79. The van der Waals surface area contributed by atoms with E-state index < -0.39 is 0 Å². The first kappa shape index (κ1) is 18.5. The smallest absolute Gasteiger partial charge is 0.244 e. The van der Waals surface area contributed by atoms with Gasteiger partial charge in [0.25, 0.3) is 0 Å². The molecule has 5 nitrogen and oxygen atoms in total. The van der Waals surface area contributed by atoms with Crippen LogP contribution in [-0.2, 0) is 11.3 Å². The predicted octanol–water partition coefficient (Wildman–Crippen LogP) is 4.01. The topological polar surface area (TPSA) is 67.1 Å². The molecule has 0 saturated heterocycles. The summed E-state index contributed by atoms with van der Waals surface area (Å²) in [5.41, 5.74) is 1.58. The highest BCUT2D eigenvalue weighted by molar-refractivity contribution is 9.10. The number of hydrogen-bond acceptors (Lipinski definition) is 4. The molecule has 0 fully saturated rings. The molecule has 0 aliphatic rings. The van der Waals surface area contributed by atoms with Crippen molar-refractivity contribution in [3.8, 4) is 5.75 Å². The van der Waals surface area contributed by atoms with Crippen LogP contribution in [-0.4, -0.2) is 17.6 Å². The lowest BCUT2D eigenvalue weighted by molar-refractivity contribution is -0.116. The molecule has 0 radical (unpaired) electrons. The number of thiazole rings is 1. The number of nitrogens with zero attached hydrogens (tertiary/aromatic N) is 1. The molecule has 0 aliphatic heterocycles. The summed E-state index contributed by atoms with van der Waals surface area (Å²) in [7, 11) is 1.60. The zero-order valence-corrected chi connectivity index (χ0v) is 15.9. The van der Waals surface area contributed by atoms with Gasteiger partial charge in [-0.05, 0) is 42.5 Å². The Kier molecular flexibility index (Phi) is 6.04. The molecule has 0 spiro atoms. The number of carbonyl (C=O) groups is 1. The summed E-state index contributed by atoms with van der Waals surface area (Å²) < 4.78 is 8.72. The molecule has 2 aromatic carbocycles. The van der Waals surface area contributed by atoms with E-state index in [0.29, 0.717) is 10.5 Å². The number of anilines is 1. The predicted molar refractivity (Wildman–Crippen MR) is 102 cm³/mol. The largest absolute Gasteiger partial charge is 0.497 e. The average molecular weight is 429 g/mol. The molecular weight excluding hydrogens is 414 g/mol. The van der Waals surface area contributed by atoms with E-state index in [-0.39, 0.29) is 24.9 Å². The minimum atomic E-state index is -0.170. The maximum Gasteiger partial charge on any atom is 0.244 e. The van der Waals surface area contributed by atoms with Crippen molar-refractivity contribution in [3.63, 3.8) is 0 Å². The van der Waals surface area contributed by atoms with Crippen molar-refractivity contribution in [3.05, 3.63) is 51.7 Å². The van der Waals surface area contributed by atoms with Gasteiger partial charge in [-0.15, -0.1) is 12.4 Å². The second-order valence-corrected chi connectivity index (χ2v) is 6.83. The summed E-state index contributed by atoms with van der Waals surface area (Å²) in [6.45, 7) is 0.104. The fraction of sp³-hybridized carbons (Fsp3) is 0.125. The van der Waals surface area contributed by atoms with Gasteiger partial charge in [0.2, 0.25) is 5.91 Å². The fourth-order valence-corrected chi connectivity index (χ4v) is 3.70. The molecule has 8 heteroatoms. The minimum absolute atomic E-state index is 0. The quantitative estimate of drug-likeness (QED) is 0.659. The summed E-state index contributed by atoms with van der Waals surface area (Å²) in [6, 6.07) is 12.9. The van der Waals surface area contributed by atoms with Crippen LogP contribution < -0.4 is 14.9 Å². The SMILES string of the molecule is COc1ccc(NC(=O)Cn2c(=N)sc3cc(Br)ccc32)cc1.Cl. The highest BCUT2D eigenvalue weighted by Gasteiger charge is 2.10. The van der Waals surface area contributed by atoms with Gasteiger partial charge in [-0.2, -0.15) is 0 Å². The molecule has 1 heterocycles. The first-order valence-electron chi connectivity index (χ1n) is 6.84. The number of nitrogens with one attached hydrogen (secondary N) is 2. The number of ether oxygens (including phenoxy) is 1. The van der Waals surface area contributed by atoms with Crippen LogP contribution in [0.5, 0.6) is 5.75 Å². The van der Waals surface area contributed by atoms with Crippen molar-refractivity contribution in [1.29, 1.82) is 5.41 Å². The van der Waals surface area contributed by atoms with Gasteiger partial charge in [0.15, 0.2) is 4.80 Å². The molecule has 0 atom stereocenters. The van der Waals surface area contributed by atoms with E-state index in [4.69, 9.17) is 10.1 Å². The molecule has 0 unspecified atom stereocenters. The number of fused-ring (bicyclic) bond motifs is 1. The third kappa shape index (κ3) is 3.98. The number of benzene rings is 2. The van der Waals surface area contributed by atoms with Crippen molar-refractivity contribution in [2.45, 2.75) is 6.54 Å². The second kappa shape index (κ2) is 7.83. The number of aromatic nitrogens is 1. The highest BCUT2D eigenvalue weighted by atomic mass is 79.9. The summed E-state index contributed by atoms with van der Waals surface area (Å²) in [6.07, 6.45) is 0. The van der Waals surface area contributed by atoms with E-state index in [1.54, 1.807) is 35.9 Å². The molecule has 126 valence electrons. The molecule has 1 amide bonds. The van der Waals surface area contributed by atoms with Crippen LogP contribution in [0.15, 0.2) is 46.9 Å². The normalized spacial score (nSPS) is 10.2. The van der Waals surface area contributed by atoms with Crippen molar-refractivity contribution >= 4 is 61.5 Å². The summed E-state index contributed by atoms with van der Waals surface area (Å²) in [5.74, 6) is 0.566. The van der Waals surface area contributed by atoms with Crippen LogP contribution in [0.2, 0.25) is 0 Å². The Morgan fingerprint density at radius 1 is 1.29 bits per heavy atom. The fourth-order valence-electron chi connectivity index (χ4n) is 2.24. The van der Waals surface area contributed by atoms with E-state index >= 15 is 0 Å². The van der Waals surface area contributed by atoms with Crippen LogP contribution in [0.4, 0.5) is 5.69 Å². The van der Waals surface area contributed by atoms with Gasteiger partial charge in [-0.3, -0.25) is 10.2 Å². The van der Waals surface area contributed by atoms with Crippen molar-refractivity contribution in [2.75, 3.05) is 12.4 Å². The van der Waals surface area contributed by atoms with Gasteiger partial charge >= 0.3 is 0 Å². The summed E-state index contributed by atoms with van der Waals surface area (Å²) in [4.78, 5) is 12.6.